The summed E-state index contributed by atoms with van der Waals surface area (Å²) in [6.45, 7) is -0.0147. The van der Waals surface area contributed by atoms with Crippen molar-refractivity contribution in [3.8, 4) is 5.75 Å². The van der Waals surface area contributed by atoms with Crippen molar-refractivity contribution in [2.75, 3.05) is 5.73 Å². The van der Waals surface area contributed by atoms with E-state index < -0.39 is 16.7 Å². The van der Waals surface area contributed by atoms with Gasteiger partial charge in [-0.15, -0.1) is 0 Å². The van der Waals surface area contributed by atoms with E-state index in [-0.39, 0.29) is 23.7 Å². The van der Waals surface area contributed by atoms with Gasteiger partial charge in [-0.25, -0.2) is 0 Å². The second kappa shape index (κ2) is 5.92. The number of nitrogen functional groups attached to an aromatic ring is 1. The Labute approximate surface area is 123 Å². The summed E-state index contributed by atoms with van der Waals surface area (Å²) in [4.78, 5) is 10.1. The van der Waals surface area contributed by atoms with Gasteiger partial charge >= 0.3 is 6.18 Å². The molecule has 0 heterocycles. The summed E-state index contributed by atoms with van der Waals surface area (Å²) in [6, 6.07) is 8.42. The number of ether oxygens (including phenoxy) is 1. The Balaban J connectivity index is 2.07. The Kier molecular flexibility index (Phi) is 4.20. The Hall–Kier alpha value is -2.77. The van der Waals surface area contributed by atoms with Gasteiger partial charge in [0, 0.05) is 0 Å². The van der Waals surface area contributed by atoms with Gasteiger partial charge < -0.3 is 10.5 Å². The average molecular weight is 312 g/mol. The molecular formula is C14H11F3N2O3. The summed E-state index contributed by atoms with van der Waals surface area (Å²) < 4.78 is 42.6. The van der Waals surface area contributed by atoms with Crippen LogP contribution < -0.4 is 10.5 Å². The van der Waals surface area contributed by atoms with Crippen LogP contribution in [-0.4, -0.2) is 4.92 Å². The quantitative estimate of drug-likeness (QED) is 0.529. The smallest absolute Gasteiger partial charge is 0.416 e. The zero-order valence-corrected chi connectivity index (χ0v) is 11.1. The van der Waals surface area contributed by atoms with E-state index in [0.29, 0.717) is 5.56 Å². The molecule has 0 atom stereocenters. The first-order valence-corrected chi connectivity index (χ1v) is 6.10. The van der Waals surface area contributed by atoms with E-state index >= 15 is 0 Å². The van der Waals surface area contributed by atoms with Crippen molar-refractivity contribution in [1.29, 1.82) is 0 Å². The minimum atomic E-state index is -4.39. The highest BCUT2D eigenvalue weighted by Crippen LogP contribution is 2.30. The Morgan fingerprint density at radius 3 is 2.32 bits per heavy atom. The first-order chi connectivity index (χ1) is 10.3. The molecular weight excluding hydrogens is 301 g/mol. The number of nitrogens with zero attached hydrogens (tertiary/aromatic N) is 1. The summed E-state index contributed by atoms with van der Waals surface area (Å²) in [5, 5.41) is 10.7. The second-order valence-electron chi connectivity index (χ2n) is 4.46. The first kappa shape index (κ1) is 15.6. The molecule has 2 rings (SSSR count). The standard InChI is InChI=1S/C14H11F3N2O3/c15-14(16,17)10-3-1-9(2-4-10)8-22-11-5-6-12(18)13(7-11)19(20)21/h1-7H,8,18H2. The van der Waals surface area contributed by atoms with Gasteiger partial charge in [0.2, 0.25) is 0 Å². The number of nitro benzene ring substituents is 1. The molecule has 0 spiro atoms. The molecule has 5 nitrogen and oxygen atoms in total. The van der Waals surface area contributed by atoms with Crippen molar-refractivity contribution in [3.05, 3.63) is 63.7 Å². The van der Waals surface area contributed by atoms with Crippen LogP contribution in [0.1, 0.15) is 11.1 Å². The molecule has 0 aliphatic heterocycles. The van der Waals surface area contributed by atoms with Crippen LogP contribution in [0.25, 0.3) is 0 Å². The van der Waals surface area contributed by atoms with Gasteiger partial charge in [0.1, 0.15) is 18.0 Å². The minimum absolute atomic E-state index is 0.00637. The minimum Gasteiger partial charge on any atom is -0.489 e. The van der Waals surface area contributed by atoms with Crippen LogP contribution in [0, 0.1) is 10.1 Å². The lowest BCUT2D eigenvalue weighted by molar-refractivity contribution is -0.384. The number of nitro groups is 1. The lowest BCUT2D eigenvalue weighted by Crippen LogP contribution is -2.05. The van der Waals surface area contributed by atoms with Crippen LogP contribution in [0.4, 0.5) is 24.5 Å². The van der Waals surface area contributed by atoms with Crippen LogP contribution in [0.2, 0.25) is 0 Å². The number of rotatable bonds is 4. The average Bonchev–Trinajstić information content (AvgIpc) is 2.45. The zero-order valence-electron chi connectivity index (χ0n) is 11.1. The summed E-state index contributed by atoms with van der Waals surface area (Å²) in [5.74, 6) is 0.209. The number of halogens is 3. The summed E-state index contributed by atoms with van der Waals surface area (Å²) >= 11 is 0. The number of anilines is 1. The molecule has 0 aliphatic carbocycles. The molecule has 0 unspecified atom stereocenters. The fraction of sp³-hybridized carbons (Fsp3) is 0.143. The number of benzene rings is 2. The van der Waals surface area contributed by atoms with E-state index in [1.54, 1.807) is 0 Å². The van der Waals surface area contributed by atoms with E-state index in [4.69, 9.17) is 10.5 Å². The molecule has 2 aromatic rings. The van der Waals surface area contributed by atoms with Crippen molar-refractivity contribution in [2.24, 2.45) is 0 Å². The predicted molar refractivity (Wildman–Crippen MR) is 73.3 cm³/mol. The number of alkyl halides is 3. The lowest BCUT2D eigenvalue weighted by atomic mass is 10.1. The molecule has 2 aromatic carbocycles. The van der Waals surface area contributed by atoms with Gasteiger partial charge in [-0.2, -0.15) is 13.2 Å². The normalized spacial score (nSPS) is 11.2. The third-order valence-electron chi connectivity index (χ3n) is 2.89. The van der Waals surface area contributed by atoms with Crippen molar-refractivity contribution in [3.63, 3.8) is 0 Å². The fourth-order valence-electron chi connectivity index (χ4n) is 1.73. The molecule has 22 heavy (non-hydrogen) atoms. The maximum absolute atomic E-state index is 12.4. The molecule has 0 saturated heterocycles. The van der Waals surface area contributed by atoms with Gasteiger partial charge in [-0.05, 0) is 29.8 Å². The number of hydrogen-bond donors (Lipinski definition) is 1. The summed E-state index contributed by atoms with van der Waals surface area (Å²) in [7, 11) is 0. The molecule has 0 saturated carbocycles. The predicted octanol–water partition coefficient (Wildman–Crippen LogP) is 3.77. The van der Waals surface area contributed by atoms with E-state index in [9.17, 15) is 23.3 Å². The van der Waals surface area contributed by atoms with Crippen molar-refractivity contribution >= 4 is 11.4 Å². The maximum Gasteiger partial charge on any atom is 0.416 e. The largest absolute Gasteiger partial charge is 0.489 e. The van der Waals surface area contributed by atoms with Gasteiger partial charge in [0.05, 0.1) is 16.6 Å². The molecule has 116 valence electrons. The van der Waals surface area contributed by atoms with Gasteiger partial charge in [-0.3, -0.25) is 10.1 Å². The molecule has 0 amide bonds. The van der Waals surface area contributed by atoms with E-state index in [1.807, 2.05) is 0 Å². The number of hydrogen-bond acceptors (Lipinski definition) is 4. The highest BCUT2D eigenvalue weighted by Gasteiger charge is 2.29. The Bertz CT molecular complexity index is 685. The second-order valence-corrected chi connectivity index (χ2v) is 4.46. The maximum atomic E-state index is 12.4. The SMILES string of the molecule is Nc1ccc(OCc2ccc(C(F)(F)F)cc2)cc1[N+](=O)[O-]. The van der Waals surface area contributed by atoms with Crippen LogP contribution in [0.3, 0.4) is 0 Å². The van der Waals surface area contributed by atoms with Gasteiger partial charge in [-0.1, -0.05) is 12.1 Å². The van der Waals surface area contributed by atoms with Gasteiger partial charge in [0.25, 0.3) is 5.69 Å². The Morgan fingerprint density at radius 2 is 1.77 bits per heavy atom. The summed E-state index contributed by atoms with van der Waals surface area (Å²) in [5.41, 5.74) is 4.93. The molecule has 0 aliphatic rings. The monoisotopic (exact) mass is 312 g/mol. The van der Waals surface area contributed by atoms with E-state index in [1.165, 1.54) is 30.3 Å². The topological polar surface area (TPSA) is 78.4 Å². The third kappa shape index (κ3) is 3.66. The zero-order chi connectivity index (χ0) is 16.3. The molecule has 2 N–H and O–H groups in total. The lowest BCUT2D eigenvalue weighted by Gasteiger charge is -2.09. The van der Waals surface area contributed by atoms with E-state index in [0.717, 1.165) is 12.1 Å². The molecule has 0 aromatic heterocycles. The van der Waals surface area contributed by atoms with Crippen LogP contribution in [0.15, 0.2) is 42.5 Å². The van der Waals surface area contributed by atoms with Crippen molar-refractivity contribution < 1.29 is 22.8 Å². The molecule has 8 heteroatoms. The van der Waals surface area contributed by atoms with Crippen molar-refractivity contribution in [1.82, 2.24) is 0 Å². The molecule has 0 bridgehead atoms. The van der Waals surface area contributed by atoms with E-state index in [2.05, 4.69) is 0 Å². The fourth-order valence-corrected chi connectivity index (χ4v) is 1.73. The van der Waals surface area contributed by atoms with Crippen LogP contribution >= 0.6 is 0 Å². The van der Waals surface area contributed by atoms with Gasteiger partial charge in [0.15, 0.2) is 0 Å². The Morgan fingerprint density at radius 1 is 1.14 bits per heavy atom. The van der Waals surface area contributed by atoms with Crippen molar-refractivity contribution in [2.45, 2.75) is 12.8 Å². The van der Waals surface area contributed by atoms with Crippen LogP contribution in [-0.2, 0) is 12.8 Å². The molecule has 0 fully saturated rings. The molecule has 0 radical (unpaired) electrons. The highest BCUT2D eigenvalue weighted by molar-refractivity contribution is 5.60. The highest BCUT2D eigenvalue weighted by atomic mass is 19.4. The van der Waals surface area contributed by atoms with Crippen LogP contribution in [0.5, 0.6) is 5.75 Å². The first-order valence-electron chi connectivity index (χ1n) is 6.10. The summed E-state index contributed by atoms with van der Waals surface area (Å²) in [6.07, 6.45) is -4.39. The number of nitrogens with two attached hydrogens (primary N) is 1. The third-order valence-corrected chi connectivity index (χ3v) is 2.89.